The number of nitrogens with one attached hydrogen (secondary N) is 6. The number of imide groups is 1. The molecule has 9 rings (SSSR count). The fraction of sp³-hybridized carbons (Fsp3) is 0.339. The lowest BCUT2D eigenvalue weighted by Crippen LogP contribution is -2.58. The van der Waals surface area contributed by atoms with Gasteiger partial charge in [-0.15, -0.1) is 11.8 Å². The van der Waals surface area contributed by atoms with E-state index in [1.54, 1.807) is 6.07 Å². The predicted octanol–water partition coefficient (Wildman–Crippen LogP) is 1.59. The van der Waals surface area contributed by atoms with Crippen LogP contribution in [0.4, 0.5) is 20.2 Å². The highest BCUT2D eigenvalue weighted by Crippen LogP contribution is 2.57. The highest BCUT2D eigenvalue weighted by atomic mass is 32.2. The Morgan fingerprint density at radius 3 is 2.01 bits per heavy atom. The van der Waals surface area contributed by atoms with Gasteiger partial charge in [-0.25, -0.2) is 23.3 Å². The van der Waals surface area contributed by atoms with Crippen molar-refractivity contribution in [1.82, 2.24) is 36.5 Å². The lowest BCUT2D eigenvalue weighted by Gasteiger charge is -2.36. The number of nitrogens with zero attached hydrogens (tertiary/aromatic N) is 4. The number of fused-ring (bicyclic) bond motifs is 7. The number of aromatic hydroxyl groups is 2. The maximum absolute atomic E-state index is 14.0. The number of benzene rings is 4. The van der Waals surface area contributed by atoms with Gasteiger partial charge in [-0.05, 0) is 74.3 Å². The number of carbonyl (C=O) groups is 13. The number of aliphatic carboxylic acids is 3. The Kier molecular flexibility index (Phi) is 20.8. The number of carboxylic acids is 3. The molecule has 4 aliphatic heterocycles. The normalized spacial score (nSPS) is 17.4. The molecule has 502 valence electrons. The number of esters is 1. The molecule has 0 aliphatic carbocycles. The quantitative estimate of drug-likeness (QED) is 0.0202. The number of halogens is 2. The van der Waals surface area contributed by atoms with Crippen LogP contribution in [-0.4, -0.2) is 179 Å². The number of hydrogen-bond donors (Lipinski definition) is 12. The monoisotopic (exact) mass is 1350 g/mol. The van der Waals surface area contributed by atoms with E-state index in [1.807, 2.05) is 0 Å². The van der Waals surface area contributed by atoms with Gasteiger partial charge in [-0.3, -0.25) is 57.7 Å². The van der Waals surface area contributed by atoms with Crippen LogP contribution >= 0.6 is 11.8 Å². The second-order valence-corrected chi connectivity index (χ2v) is 23.7. The van der Waals surface area contributed by atoms with E-state index in [4.69, 9.17) is 15.2 Å². The number of nitrogens with two attached hydrogens (primary N) is 1. The molecular weight excluding hydrogens is 1290 g/mol. The summed E-state index contributed by atoms with van der Waals surface area (Å²) in [5.41, 5.74) is 4.78. The molecule has 6 atom stereocenters. The van der Waals surface area contributed by atoms with E-state index in [9.17, 15) is 102 Å². The fourth-order valence-corrected chi connectivity index (χ4v) is 12.5. The number of unbranched alkanes of at least 4 members (excludes halogenated alkanes) is 1. The van der Waals surface area contributed by atoms with Gasteiger partial charge in [-0.1, -0.05) is 18.2 Å². The van der Waals surface area contributed by atoms with E-state index in [2.05, 4.69) is 36.9 Å². The fourth-order valence-electron chi connectivity index (χ4n) is 11.3. The van der Waals surface area contributed by atoms with Crippen molar-refractivity contribution in [3.05, 3.63) is 113 Å². The molecule has 1 unspecified atom stereocenters. The molecule has 1 aromatic heterocycles. The summed E-state index contributed by atoms with van der Waals surface area (Å²) < 4.78 is 39.9. The van der Waals surface area contributed by atoms with Crippen molar-refractivity contribution in [3.8, 4) is 29.1 Å². The molecule has 5 heterocycles. The average Bonchev–Trinajstić information content (AvgIpc) is 1.46. The number of anilines is 2. The maximum Gasteiger partial charge on any atom is 0.340 e. The zero-order chi connectivity index (χ0) is 69.5. The summed E-state index contributed by atoms with van der Waals surface area (Å²) in [5.74, 6) is -19.0. The Hall–Kier alpha value is -11.3. The minimum atomic E-state index is -3.29. The number of pyridine rings is 1. The molecule has 2 fully saturated rings. The van der Waals surface area contributed by atoms with Crippen molar-refractivity contribution in [2.45, 2.75) is 105 Å². The van der Waals surface area contributed by atoms with Crippen molar-refractivity contribution in [2.75, 3.05) is 35.6 Å². The molecule has 34 heteroatoms. The number of carbonyl (C=O) groups excluding carboxylic acids is 10. The summed E-state index contributed by atoms with van der Waals surface area (Å²) in [6, 6.07) is 10.6. The molecule has 4 aliphatic rings. The van der Waals surface area contributed by atoms with Crippen molar-refractivity contribution in [3.63, 3.8) is 0 Å². The highest BCUT2D eigenvalue weighted by molar-refractivity contribution is 8.00. The van der Waals surface area contributed by atoms with E-state index in [-0.39, 0.29) is 87.8 Å². The standard InChI is InChI=1S/C62H59F2N11O20S/c63-61(64)24-30(25-66)74(28-61)50(81)26-68-54(86)34-15-17-67-53-33(34)4-3-6-39(53)69-47(78)13-14-48(79)70-41(21-51(82)83)56(88)71-40(5-1-2-16-65)55(87)72-42(22-52(84)85)57(89)73-43(59(91)92)27-96-46-23-49(80)75(58(46)90)29-7-10-36-35(18-29)60(93)95-62(36)37-11-8-31(76)19-44(37)94-45-20-32(77)9-12-38(45)62/h3-4,6-12,15,17-20,30,40-43,46,76-77H,1-2,5,13-14,16,21-24,26-28,65H2,(H,68,86)(H,69,78)(H,70,79)(H,71,88)(H,72,87)(H,73,89)(H,82,83)(H,84,85)(H,91,92)/t30-,40-,41-,42-,43-,46?/m0/s1. The van der Waals surface area contributed by atoms with Gasteiger partial charge in [0.05, 0.1) is 65.3 Å². The number of rotatable bonds is 27. The topological polar surface area (TPSA) is 483 Å². The third kappa shape index (κ3) is 15.2. The lowest BCUT2D eigenvalue weighted by atomic mass is 9.77. The average molecular weight is 1350 g/mol. The van der Waals surface area contributed by atoms with Gasteiger partial charge in [0.15, 0.2) is 5.60 Å². The second kappa shape index (κ2) is 28.9. The van der Waals surface area contributed by atoms with Crippen molar-refractivity contribution in [1.29, 1.82) is 5.26 Å². The van der Waals surface area contributed by atoms with Crippen LogP contribution in [0.1, 0.15) is 95.2 Å². The molecule has 2 saturated heterocycles. The number of ether oxygens (including phenoxy) is 2. The highest BCUT2D eigenvalue weighted by Gasteiger charge is 2.55. The first-order chi connectivity index (χ1) is 45.6. The van der Waals surface area contributed by atoms with Gasteiger partial charge < -0.3 is 77.5 Å². The first kappa shape index (κ1) is 69.0. The smallest absolute Gasteiger partial charge is 0.340 e. The van der Waals surface area contributed by atoms with E-state index >= 15 is 0 Å². The molecule has 4 aromatic carbocycles. The minimum Gasteiger partial charge on any atom is -0.508 e. The lowest BCUT2D eigenvalue weighted by molar-refractivity contribution is -0.143. The maximum atomic E-state index is 14.0. The molecule has 0 radical (unpaired) electrons. The molecule has 0 saturated carbocycles. The molecule has 13 N–H and O–H groups in total. The summed E-state index contributed by atoms with van der Waals surface area (Å²) in [6.07, 6.45) is -3.55. The minimum absolute atomic E-state index is 0.0414. The van der Waals surface area contributed by atoms with Crippen LogP contribution in [0, 0.1) is 11.3 Å². The van der Waals surface area contributed by atoms with Crippen LogP contribution in [0.15, 0.2) is 85.1 Å². The Balaban J connectivity index is 0.802. The van der Waals surface area contributed by atoms with Crippen LogP contribution < -0.4 is 47.3 Å². The van der Waals surface area contributed by atoms with Crippen LogP contribution in [0.2, 0.25) is 0 Å². The van der Waals surface area contributed by atoms with E-state index < -0.39 is 181 Å². The van der Waals surface area contributed by atoms with Gasteiger partial charge >= 0.3 is 23.9 Å². The summed E-state index contributed by atoms with van der Waals surface area (Å²) in [6.45, 7) is -1.65. The van der Waals surface area contributed by atoms with Crippen molar-refractivity contribution < 1.29 is 106 Å². The van der Waals surface area contributed by atoms with Crippen LogP contribution in [0.3, 0.4) is 0 Å². The number of carboxylic acid groups (broad SMARTS) is 3. The number of likely N-dealkylation sites (tertiary alicyclic amines) is 1. The van der Waals surface area contributed by atoms with Crippen LogP contribution in [-0.2, 0) is 63.1 Å². The third-order valence-electron chi connectivity index (χ3n) is 15.8. The molecule has 0 bridgehead atoms. The number of hydrogen-bond acceptors (Lipinski definition) is 21. The summed E-state index contributed by atoms with van der Waals surface area (Å²) in [5, 5.41) is 72.1. The Morgan fingerprint density at radius 1 is 0.760 bits per heavy atom. The van der Waals surface area contributed by atoms with Crippen molar-refractivity contribution >= 4 is 111 Å². The van der Waals surface area contributed by atoms with Gasteiger partial charge in [-0.2, -0.15) is 5.26 Å². The van der Waals surface area contributed by atoms with Gasteiger partial charge in [0.25, 0.3) is 11.8 Å². The van der Waals surface area contributed by atoms with Gasteiger partial charge in [0.1, 0.15) is 53.2 Å². The Morgan fingerprint density at radius 2 is 1.38 bits per heavy atom. The molecule has 31 nitrogen and oxygen atoms in total. The summed E-state index contributed by atoms with van der Waals surface area (Å²) >= 11 is 0.639. The number of amides is 9. The number of nitriles is 1. The third-order valence-corrected chi connectivity index (χ3v) is 17.1. The summed E-state index contributed by atoms with van der Waals surface area (Å²) in [7, 11) is 0. The van der Waals surface area contributed by atoms with E-state index in [0.29, 0.717) is 27.8 Å². The zero-order valence-electron chi connectivity index (χ0n) is 50.1. The van der Waals surface area contributed by atoms with E-state index in [0.717, 1.165) is 4.90 Å². The molecule has 9 amide bonds. The number of para-hydroxylation sites is 1. The number of alkyl halides is 2. The Bertz CT molecular complexity index is 4060. The first-order valence-electron chi connectivity index (χ1n) is 29.4. The van der Waals surface area contributed by atoms with E-state index in [1.165, 1.54) is 85.1 Å². The predicted molar refractivity (Wildman–Crippen MR) is 327 cm³/mol. The van der Waals surface area contributed by atoms with Gasteiger partial charge in [0.2, 0.25) is 47.3 Å². The van der Waals surface area contributed by atoms with Crippen LogP contribution in [0.25, 0.3) is 10.9 Å². The van der Waals surface area contributed by atoms with Crippen LogP contribution in [0.5, 0.6) is 23.0 Å². The first-order valence-corrected chi connectivity index (χ1v) is 30.5. The number of aromatic nitrogens is 1. The molecule has 5 aromatic rings. The van der Waals surface area contributed by atoms with Crippen molar-refractivity contribution in [2.24, 2.45) is 5.73 Å². The summed E-state index contributed by atoms with van der Waals surface area (Å²) in [4.78, 5) is 178. The zero-order valence-corrected chi connectivity index (χ0v) is 50.9. The SMILES string of the molecule is N#C[C@@H]1CC(F)(F)CN1C(=O)CNC(=O)c1ccnc2c(NC(=O)CCC(=O)N[C@@H](CC(=O)O)C(=O)N[C@@H](CCCCN)C(=O)N[C@@H](CC(=O)O)C(=O)N[C@@H](CSC3CC(=O)N(c4ccc5c(c4)C(=O)OC54c5ccc(O)cc5Oc5cc(O)ccc54)C3=O)C(=O)O)cccc12. The molecule has 1 spiro atoms. The molecular formula is C62H59F2N11O20S. The number of phenols is 2. The number of phenolic OH excluding ortho intramolecular Hbond substituents is 2. The number of thioether (sulfide) groups is 1. The second-order valence-electron chi connectivity index (χ2n) is 22.5. The van der Waals surface area contributed by atoms with Gasteiger partial charge in [0, 0.05) is 71.8 Å². The largest absolute Gasteiger partial charge is 0.508 e. The molecule has 96 heavy (non-hydrogen) atoms. The Labute approximate surface area is 545 Å².